The highest BCUT2D eigenvalue weighted by molar-refractivity contribution is 9.10. The number of carboxylic acids is 1. The molecule has 0 heterocycles. The molecule has 2 rings (SSSR count). The second kappa shape index (κ2) is 4.96. The molecule has 5 heteroatoms. The summed E-state index contributed by atoms with van der Waals surface area (Å²) in [6, 6.07) is 2.75. The van der Waals surface area contributed by atoms with Gasteiger partial charge in [-0.15, -0.1) is 0 Å². The number of benzene rings is 1. The summed E-state index contributed by atoms with van der Waals surface area (Å²) in [6.07, 6.45) is 3.11. The van der Waals surface area contributed by atoms with Crippen molar-refractivity contribution in [3.8, 4) is 0 Å². The summed E-state index contributed by atoms with van der Waals surface area (Å²) in [5.41, 5.74) is -1.31. The molecule has 1 saturated carbocycles. The number of hydrogen-bond acceptors (Lipinski definition) is 1. The van der Waals surface area contributed by atoms with Gasteiger partial charge in [0.25, 0.3) is 0 Å². The number of carboxylic acid groups (broad SMARTS) is 1. The fraction of sp³-hybridized carbons (Fsp3) is 0.462. The van der Waals surface area contributed by atoms with Crippen molar-refractivity contribution in [1.29, 1.82) is 0 Å². The standard InChI is InChI=1S/C13H13BrF2O2/c14-9-5-4-8(10(15)11(9)16)13(12(17)18)6-2-1-3-7-13/h4-5H,1-3,6-7H2,(H,17,18). The highest BCUT2D eigenvalue weighted by Crippen LogP contribution is 2.42. The maximum absolute atomic E-state index is 14.0. The van der Waals surface area contributed by atoms with E-state index in [1.54, 1.807) is 0 Å². The van der Waals surface area contributed by atoms with Crippen LogP contribution >= 0.6 is 15.9 Å². The van der Waals surface area contributed by atoms with Crippen LogP contribution in [0, 0.1) is 11.6 Å². The Bertz CT molecular complexity index is 482. The predicted molar refractivity (Wildman–Crippen MR) is 66.5 cm³/mol. The molecule has 1 aromatic rings. The van der Waals surface area contributed by atoms with E-state index < -0.39 is 23.0 Å². The molecule has 18 heavy (non-hydrogen) atoms. The van der Waals surface area contributed by atoms with Crippen molar-refractivity contribution in [2.24, 2.45) is 0 Å². The average Bonchev–Trinajstić information content (AvgIpc) is 2.37. The number of halogens is 3. The van der Waals surface area contributed by atoms with E-state index in [0.717, 1.165) is 19.3 Å². The van der Waals surface area contributed by atoms with Gasteiger partial charge in [-0.25, -0.2) is 8.78 Å². The number of aliphatic carboxylic acids is 1. The molecule has 1 aliphatic carbocycles. The lowest BCUT2D eigenvalue weighted by molar-refractivity contribution is -0.145. The first-order chi connectivity index (χ1) is 8.49. The lowest BCUT2D eigenvalue weighted by atomic mass is 9.69. The van der Waals surface area contributed by atoms with Crippen LogP contribution in [0.2, 0.25) is 0 Å². The largest absolute Gasteiger partial charge is 0.481 e. The van der Waals surface area contributed by atoms with E-state index in [0.29, 0.717) is 12.8 Å². The maximum Gasteiger partial charge on any atom is 0.314 e. The molecule has 98 valence electrons. The summed E-state index contributed by atoms with van der Waals surface area (Å²) >= 11 is 2.90. The van der Waals surface area contributed by atoms with Gasteiger partial charge in [-0.2, -0.15) is 0 Å². The SMILES string of the molecule is O=C(O)C1(c2ccc(Br)c(F)c2F)CCCCC1. The monoisotopic (exact) mass is 318 g/mol. The van der Waals surface area contributed by atoms with E-state index in [1.807, 2.05) is 0 Å². The van der Waals surface area contributed by atoms with Crippen LogP contribution < -0.4 is 0 Å². The molecular weight excluding hydrogens is 306 g/mol. The van der Waals surface area contributed by atoms with Crippen LogP contribution in [-0.4, -0.2) is 11.1 Å². The number of carbonyl (C=O) groups is 1. The molecule has 0 radical (unpaired) electrons. The Hall–Kier alpha value is -0.970. The molecular formula is C13H13BrF2O2. The lowest BCUT2D eigenvalue weighted by Gasteiger charge is -2.33. The molecule has 0 aromatic heterocycles. The van der Waals surface area contributed by atoms with Crippen LogP contribution in [-0.2, 0) is 10.2 Å². The first-order valence-corrected chi connectivity index (χ1v) is 6.66. The number of hydrogen-bond donors (Lipinski definition) is 1. The molecule has 1 aromatic carbocycles. The smallest absolute Gasteiger partial charge is 0.314 e. The zero-order chi connectivity index (χ0) is 13.3. The molecule has 0 atom stereocenters. The Balaban J connectivity index is 2.56. The van der Waals surface area contributed by atoms with Crippen molar-refractivity contribution in [2.75, 3.05) is 0 Å². The highest BCUT2D eigenvalue weighted by Gasteiger charge is 2.43. The van der Waals surface area contributed by atoms with Crippen molar-refractivity contribution >= 4 is 21.9 Å². The second-order valence-corrected chi connectivity index (χ2v) is 5.53. The van der Waals surface area contributed by atoms with Gasteiger partial charge in [0.15, 0.2) is 11.6 Å². The normalized spacial score (nSPS) is 18.6. The molecule has 0 bridgehead atoms. The van der Waals surface area contributed by atoms with E-state index >= 15 is 0 Å². The minimum atomic E-state index is -1.27. The van der Waals surface area contributed by atoms with Crippen LogP contribution in [0.15, 0.2) is 16.6 Å². The molecule has 0 spiro atoms. The van der Waals surface area contributed by atoms with Crippen molar-refractivity contribution in [3.63, 3.8) is 0 Å². The van der Waals surface area contributed by atoms with Crippen molar-refractivity contribution < 1.29 is 18.7 Å². The molecule has 2 nitrogen and oxygen atoms in total. The first-order valence-electron chi connectivity index (χ1n) is 5.86. The Kier molecular flexibility index (Phi) is 3.71. The minimum Gasteiger partial charge on any atom is -0.481 e. The third-order valence-electron chi connectivity index (χ3n) is 3.67. The third kappa shape index (κ3) is 2.05. The van der Waals surface area contributed by atoms with E-state index in [1.165, 1.54) is 12.1 Å². The topological polar surface area (TPSA) is 37.3 Å². The summed E-state index contributed by atoms with van der Waals surface area (Å²) in [7, 11) is 0. The Labute approximate surface area is 112 Å². The molecule has 0 unspecified atom stereocenters. The van der Waals surface area contributed by atoms with Gasteiger partial charge in [-0.1, -0.05) is 25.3 Å². The highest BCUT2D eigenvalue weighted by atomic mass is 79.9. The second-order valence-electron chi connectivity index (χ2n) is 4.67. The summed E-state index contributed by atoms with van der Waals surface area (Å²) in [6.45, 7) is 0. The maximum atomic E-state index is 14.0. The van der Waals surface area contributed by atoms with Gasteiger partial charge in [0.2, 0.25) is 0 Å². The van der Waals surface area contributed by atoms with Crippen LogP contribution in [0.3, 0.4) is 0 Å². The zero-order valence-corrected chi connectivity index (χ0v) is 11.3. The van der Waals surface area contributed by atoms with Crippen LogP contribution in [0.5, 0.6) is 0 Å². The zero-order valence-electron chi connectivity index (χ0n) is 9.68. The quantitative estimate of drug-likeness (QED) is 0.836. The minimum absolute atomic E-state index is 0.0140. The van der Waals surface area contributed by atoms with Crippen LogP contribution in [0.4, 0.5) is 8.78 Å². The van der Waals surface area contributed by atoms with E-state index in [2.05, 4.69) is 15.9 Å². The Morgan fingerprint density at radius 2 is 1.78 bits per heavy atom. The lowest BCUT2D eigenvalue weighted by Crippen LogP contribution is -2.38. The predicted octanol–water partition coefficient (Wildman–Crippen LogP) is 4.01. The van der Waals surface area contributed by atoms with Crippen molar-refractivity contribution in [2.45, 2.75) is 37.5 Å². The van der Waals surface area contributed by atoms with E-state index in [9.17, 15) is 18.7 Å². The summed E-state index contributed by atoms with van der Waals surface area (Å²) in [5, 5.41) is 9.43. The fourth-order valence-electron chi connectivity index (χ4n) is 2.65. The summed E-state index contributed by atoms with van der Waals surface area (Å²) in [5.74, 6) is -3.13. The van der Waals surface area contributed by atoms with Gasteiger partial charge in [-0.3, -0.25) is 4.79 Å². The molecule has 0 amide bonds. The first kappa shape index (κ1) is 13.5. The average molecular weight is 319 g/mol. The number of rotatable bonds is 2. The van der Waals surface area contributed by atoms with Gasteiger partial charge in [0.1, 0.15) is 0 Å². The molecule has 1 aliphatic rings. The van der Waals surface area contributed by atoms with E-state index in [4.69, 9.17) is 0 Å². The van der Waals surface area contributed by atoms with Gasteiger partial charge in [0, 0.05) is 5.56 Å². The van der Waals surface area contributed by atoms with Crippen LogP contribution in [0.25, 0.3) is 0 Å². The van der Waals surface area contributed by atoms with Crippen LogP contribution in [0.1, 0.15) is 37.7 Å². The van der Waals surface area contributed by atoms with Gasteiger partial charge in [0.05, 0.1) is 9.89 Å². The summed E-state index contributed by atoms with van der Waals surface area (Å²) < 4.78 is 27.6. The molecule has 0 saturated heterocycles. The Morgan fingerprint density at radius 1 is 1.17 bits per heavy atom. The molecule has 1 N–H and O–H groups in total. The summed E-state index contributed by atoms with van der Waals surface area (Å²) in [4.78, 5) is 11.5. The third-order valence-corrected chi connectivity index (χ3v) is 4.28. The van der Waals surface area contributed by atoms with Crippen molar-refractivity contribution in [3.05, 3.63) is 33.8 Å². The van der Waals surface area contributed by atoms with Gasteiger partial charge < -0.3 is 5.11 Å². The molecule has 0 aliphatic heterocycles. The van der Waals surface area contributed by atoms with Crippen molar-refractivity contribution in [1.82, 2.24) is 0 Å². The van der Waals surface area contributed by atoms with Gasteiger partial charge >= 0.3 is 5.97 Å². The van der Waals surface area contributed by atoms with Gasteiger partial charge in [-0.05, 0) is 34.8 Å². The van der Waals surface area contributed by atoms with E-state index in [-0.39, 0.29) is 10.0 Å². The Morgan fingerprint density at radius 3 is 2.33 bits per heavy atom. The molecule has 1 fully saturated rings. The fourth-order valence-corrected chi connectivity index (χ4v) is 2.96.